The standard InChI is InChI=1S/C12H7F5O5S/c1-23(19,20)22-5-3-2-4-21-12(18)6-7(13)9(15)11(17)10(16)8(6)14/h4-5H2,1H3. The molecule has 0 radical (unpaired) electrons. The van der Waals surface area contributed by atoms with Gasteiger partial charge < -0.3 is 4.74 Å². The molecule has 0 aromatic heterocycles. The fourth-order valence-corrected chi connectivity index (χ4v) is 1.47. The summed E-state index contributed by atoms with van der Waals surface area (Å²) in [7, 11) is -3.72. The van der Waals surface area contributed by atoms with E-state index in [0.29, 0.717) is 0 Å². The van der Waals surface area contributed by atoms with Gasteiger partial charge in [0, 0.05) is 0 Å². The summed E-state index contributed by atoms with van der Waals surface area (Å²) in [6, 6.07) is 0. The van der Waals surface area contributed by atoms with Crippen molar-refractivity contribution in [1.29, 1.82) is 0 Å². The monoisotopic (exact) mass is 358 g/mol. The van der Waals surface area contributed by atoms with E-state index in [9.17, 15) is 35.2 Å². The van der Waals surface area contributed by atoms with Crippen LogP contribution in [-0.4, -0.2) is 33.9 Å². The van der Waals surface area contributed by atoms with Crippen LogP contribution in [0, 0.1) is 40.9 Å². The highest BCUT2D eigenvalue weighted by atomic mass is 32.2. The number of hydrogen-bond donors (Lipinski definition) is 0. The minimum Gasteiger partial charge on any atom is -0.449 e. The van der Waals surface area contributed by atoms with Crippen molar-refractivity contribution in [3.8, 4) is 11.8 Å². The van der Waals surface area contributed by atoms with Gasteiger partial charge >= 0.3 is 5.97 Å². The number of rotatable bonds is 4. The summed E-state index contributed by atoms with van der Waals surface area (Å²) in [6.07, 6.45) is 0.762. The van der Waals surface area contributed by atoms with Crippen molar-refractivity contribution in [1.82, 2.24) is 0 Å². The first-order valence-electron chi connectivity index (χ1n) is 5.55. The number of benzene rings is 1. The number of halogens is 5. The molecule has 5 nitrogen and oxygen atoms in total. The summed E-state index contributed by atoms with van der Waals surface area (Å²) in [5, 5.41) is 0. The molecule has 1 aromatic rings. The molecular formula is C12H7F5O5S. The van der Waals surface area contributed by atoms with E-state index in [1.54, 1.807) is 0 Å². The van der Waals surface area contributed by atoms with Gasteiger partial charge in [-0.3, -0.25) is 4.18 Å². The molecule has 0 amide bonds. The second kappa shape index (κ2) is 7.38. The Bertz CT molecular complexity index is 765. The maximum Gasteiger partial charge on any atom is 0.345 e. The van der Waals surface area contributed by atoms with Gasteiger partial charge in [-0.2, -0.15) is 8.42 Å². The Labute approximate surface area is 127 Å². The molecule has 0 saturated carbocycles. The van der Waals surface area contributed by atoms with E-state index in [0.717, 1.165) is 6.26 Å². The lowest BCUT2D eigenvalue weighted by molar-refractivity contribution is 0.0541. The molecule has 0 fully saturated rings. The lowest BCUT2D eigenvalue weighted by Gasteiger charge is -2.06. The van der Waals surface area contributed by atoms with Crippen LogP contribution >= 0.6 is 0 Å². The van der Waals surface area contributed by atoms with Crippen LogP contribution in [0.15, 0.2) is 0 Å². The fraction of sp³-hybridized carbons (Fsp3) is 0.250. The normalized spacial score (nSPS) is 10.9. The third-order valence-electron chi connectivity index (χ3n) is 2.16. The molecule has 1 rings (SSSR count). The maximum atomic E-state index is 13.3. The first kappa shape index (κ1) is 18.9. The topological polar surface area (TPSA) is 69.7 Å². The molecule has 0 aliphatic rings. The van der Waals surface area contributed by atoms with Crippen molar-refractivity contribution in [3.63, 3.8) is 0 Å². The second-order valence-electron chi connectivity index (χ2n) is 3.84. The van der Waals surface area contributed by atoms with E-state index in [1.165, 1.54) is 0 Å². The molecule has 0 saturated heterocycles. The second-order valence-corrected chi connectivity index (χ2v) is 5.48. The van der Waals surface area contributed by atoms with Crippen LogP contribution in [0.4, 0.5) is 22.0 Å². The summed E-state index contributed by atoms with van der Waals surface area (Å²) in [5.74, 6) is -9.34. The summed E-state index contributed by atoms with van der Waals surface area (Å²) < 4.78 is 94.7. The van der Waals surface area contributed by atoms with Crippen LogP contribution in [0.1, 0.15) is 10.4 Å². The highest BCUT2D eigenvalue weighted by Crippen LogP contribution is 2.23. The molecule has 1 aromatic carbocycles. The third-order valence-corrected chi connectivity index (χ3v) is 2.71. The molecule has 0 atom stereocenters. The van der Waals surface area contributed by atoms with Gasteiger partial charge in [0.05, 0.1) is 6.26 Å². The molecule has 0 unspecified atom stereocenters. The van der Waals surface area contributed by atoms with Crippen molar-refractivity contribution in [2.24, 2.45) is 0 Å². The lowest BCUT2D eigenvalue weighted by Crippen LogP contribution is -2.15. The average Bonchev–Trinajstić information content (AvgIpc) is 2.45. The van der Waals surface area contributed by atoms with E-state index in [-0.39, 0.29) is 0 Å². The van der Waals surface area contributed by atoms with Crippen LogP contribution in [0.25, 0.3) is 0 Å². The largest absolute Gasteiger partial charge is 0.449 e. The van der Waals surface area contributed by atoms with Gasteiger partial charge in [-0.15, -0.1) is 0 Å². The Morgan fingerprint density at radius 2 is 1.35 bits per heavy atom. The van der Waals surface area contributed by atoms with Gasteiger partial charge in [-0.25, -0.2) is 26.7 Å². The number of carbonyl (C=O) groups is 1. The summed E-state index contributed by atoms with van der Waals surface area (Å²) in [6.45, 7) is -1.36. The van der Waals surface area contributed by atoms with Crippen LogP contribution in [0.2, 0.25) is 0 Å². The molecule has 0 bridgehead atoms. The van der Waals surface area contributed by atoms with Crippen molar-refractivity contribution in [3.05, 3.63) is 34.6 Å². The van der Waals surface area contributed by atoms with Gasteiger partial charge in [-0.1, -0.05) is 11.8 Å². The quantitative estimate of drug-likeness (QED) is 0.204. The fourth-order valence-electron chi connectivity index (χ4n) is 1.20. The van der Waals surface area contributed by atoms with E-state index in [4.69, 9.17) is 0 Å². The predicted molar refractivity (Wildman–Crippen MR) is 65.1 cm³/mol. The minimum atomic E-state index is -3.72. The molecule has 0 spiro atoms. The van der Waals surface area contributed by atoms with Crippen LogP contribution < -0.4 is 0 Å². The molecule has 0 N–H and O–H groups in total. The molecule has 0 heterocycles. The maximum absolute atomic E-state index is 13.3. The summed E-state index contributed by atoms with van der Waals surface area (Å²) in [5.41, 5.74) is -1.75. The van der Waals surface area contributed by atoms with Crippen LogP contribution in [-0.2, 0) is 19.0 Å². The third kappa shape index (κ3) is 4.90. The molecule has 0 aliphatic carbocycles. The lowest BCUT2D eigenvalue weighted by atomic mass is 10.1. The predicted octanol–water partition coefficient (Wildman–Crippen LogP) is 1.52. The summed E-state index contributed by atoms with van der Waals surface area (Å²) >= 11 is 0. The molecular weight excluding hydrogens is 351 g/mol. The molecule has 23 heavy (non-hydrogen) atoms. The van der Waals surface area contributed by atoms with Gasteiger partial charge in [-0.05, 0) is 0 Å². The Morgan fingerprint density at radius 1 is 0.913 bits per heavy atom. The van der Waals surface area contributed by atoms with Gasteiger partial charge in [0.1, 0.15) is 12.2 Å². The van der Waals surface area contributed by atoms with E-state index in [2.05, 4.69) is 14.8 Å². The van der Waals surface area contributed by atoms with Crippen LogP contribution in [0.5, 0.6) is 0 Å². The minimum absolute atomic E-state index is 0.571. The number of carbonyl (C=O) groups excluding carboxylic acids is 1. The highest BCUT2D eigenvalue weighted by Gasteiger charge is 2.30. The Kier molecular flexibility index (Phi) is 6.05. The number of esters is 1. The van der Waals surface area contributed by atoms with Gasteiger partial charge in [0.15, 0.2) is 29.9 Å². The van der Waals surface area contributed by atoms with Gasteiger partial charge in [0.25, 0.3) is 10.1 Å². The first-order valence-corrected chi connectivity index (χ1v) is 7.36. The highest BCUT2D eigenvalue weighted by molar-refractivity contribution is 7.86. The Morgan fingerprint density at radius 3 is 1.83 bits per heavy atom. The molecule has 11 heteroatoms. The van der Waals surface area contributed by atoms with Crippen molar-refractivity contribution >= 4 is 16.1 Å². The van der Waals surface area contributed by atoms with E-state index >= 15 is 0 Å². The zero-order valence-corrected chi connectivity index (χ0v) is 12.1. The van der Waals surface area contributed by atoms with Crippen LogP contribution in [0.3, 0.4) is 0 Å². The van der Waals surface area contributed by atoms with Crippen molar-refractivity contribution in [2.75, 3.05) is 19.5 Å². The van der Waals surface area contributed by atoms with E-state index < -0.39 is 64.0 Å². The zero-order chi connectivity index (χ0) is 17.8. The Hall–Kier alpha value is -2.19. The SMILES string of the molecule is CS(=O)(=O)OCC#CCOC(=O)c1c(F)c(F)c(F)c(F)c1F. The van der Waals surface area contributed by atoms with Crippen molar-refractivity contribution < 1.29 is 44.1 Å². The van der Waals surface area contributed by atoms with E-state index in [1.807, 2.05) is 5.92 Å². The first-order chi connectivity index (χ1) is 10.6. The zero-order valence-electron chi connectivity index (χ0n) is 11.3. The summed E-state index contributed by atoms with van der Waals surface area (Å²) in [4.78, 5) is 11.3. The van der Waals surface area contributed by atoms with Crippen molar-refractivity contribution in [2.45, 2.75) is 0 Å². The van der Waals surface area contributed by atoms with Gasteiger partial charge in [0.2, 0.25) is 5.82 Å². The number of hydrogen-bond acceptors (Lipinski definition) is 5. The molecule has 126 valence electrons. The molecule has 0 aliphatic heterocycles. The Balaban J connectivity index is 2.79. The number of ether oxygens (including phenoxy) is 1. The average molecular weight is 358 g/mol. The smallest absolute Gasteiger partial charge is 0.345 e.